The summed E-state index contributed by atoms with van der Waals surface area (Å²) in [5, 5.41) is 2.88. The van der Waals surface area contributed by atoms with Gasteiger partial charge in [-0.25, -0.2) is 0 Å². The lowest BCUT2D eigenvalue weighted by Gasteiger charge is -2.25. The SMILES string of the molecule is C=C(Br)CNC(=O)C1CCC(C)CC1. The van der Waals surface area contributed by atoms with Gasteiger partial charge >= 0.3 is 0 Å². The third-order valence-electron chi connectivity index (χ3n) is 2.84. The third kappa shape index (κ3) is 3.82. The molecular weight excluding hydrogens is 242 g/mol. The Morgan fingerprint density at radius 1 is 1.43 bits per heavy atom. The first-order valence-electron chi connectivity index (χ1n) is 5.20. The molecule has 1 fully saturated rings. The summed E-state index contributed by atoms with van der Waals surface area (Å²) >= 11 is 3.23. The third-order valence-corrected chi connectivity index (χ3v) is 3.12. The summed E-state index contributed by atoms with van der Waals surface area (Å²) in [7, 11) is 0. The zero-order valence-corrected chi connectivity index (χ0v) is 10.3. The number of nitrogens with one attached hydrogen (secondary N) is 1. The van der Waals surface area contributed by atoms with Crippen molar-refractivity contribution in [2.45, 2.75) is 32.6 Å². The van der Waals surface area contributed by atoms with Gasteiger partial charge in [-0.1, -0.05) is 29.4 Å². The molecule has 14 heavy (non-hydrogen) atoms. The number of hydrogen-bond donors (Lipinski definition) is 1. The molecule has 0 aliphatic heterocycles. The van der Waals surface area contributed by atoms with Crippen molar-refractivity contribution in [2.75, 3.05) is 6.54 Å². The van der Waals surface area contributed by atoms with Crippen molar-refractivity contribution in [1.82, 2.24) is 5.32 Å². The Labute approximate surface area is 94.3 Å². The van der Waals surface area contributed by atoms with Crippen LogP contribution in [-0.2, 0) is 4.79 Å². The Kier molecular flexibility index (Phi) is 4.66. The predicted octanol–water partition coefficient (Wildman–Crippen LogP) is 2.84. The molecule has 1 aliphatic carbocycles. The van der Waals surface area contributed by atoms with Crippen molar-refractivity contribution >= 4 is 21.8 Å². The molecule has 1 amide bonds. The van der Waals surface area contributed by atoms with Crippen molar-refractivity contribution in [3.8, 4) is 0 Å². The van der Waals surface area contributed by atoms with Crippen molar-refractivity contribution in [1.29, 1.82) is 0 Å². The van der Waals surface area contributed by atoms with Crippen molar-refractivity contribution in [2.24, 2.45) is 11.8 Å². The number of halogens is 1. The van der Waals surface area contributed by atoms with Crippen molar-refractivity contribution < 1.29 is 4.79 Å². The molecule has 80 valence electrons. The molecule has 0 aromatic rings. The quantitative estimate of drug-likeness (QED) is 0.830. The fraction of sp³-hybridized carbons (Fsp3) is 0.727. The maximum absolute atomic E-state index is 11.6. The summed E-state index contributed by atoms with van der Waals surface area (Å²) in [6.45, 7) is 6.49. The van der Waals surface area contributed by atoms with Crippen LogP contribution in [-0.4, -0.2) is 12.5 Å². The van der Waals surface area contributed by atoms with Gasteiger partial charge in [0, 0.05) is 16.9 Å². The van der Waals surface area contributed by atoms with Gasteiger partial charge in [0.05, 0.1) is 0 Å². The van der Waals surface area contributed by atoms with E-state index in [1.54, 1.807) is 0 Å². The molecule has 1 saturated carbocycles. The highest BCUT2D eigenvalue weighted by Gasteiger charge is 2.23. The van der Waals surface area contributed by atoms with Gasteiger partial charge in [-0.3, -0.25) is 4.79 Å². The van der Waals surface area contributed by atoms with Gasteiger partial charge < -0.3 is 5.32 Å². The van der Waals surface area contributed by atoms with Crippen LogP contribution in [0.2, 0.25) is 0 Å². The molecule has 2 nitrogen and oxygen atoms in total. The highest BCUT2D eigenvalue weighted by Crippen LogP contribution is 2.28. The average Bonchev–Trinajstić information content (AvgIpc) is 2.15. The molecule has 0 unspecified atom stereocenters. The Bertz CT molecular complexity index is 219. The second kappa shape index (κ2) is 5.54. The van der Waals surface area contributed by atoms with Crippen molar-refractivity contribution in [3.63, 3.8) is 0 Å². The molecule has 0 atom stereocenters. The molecule has 0 heterocycles. The Balaban J connectivity index is 2.27. The average molecular weight is 260 g/mol. The number of carbonyl (C=O) groups is 1. The van der Waals surface area contributed by atoms with E-state index in [0.29, 0.717) is 6.54 Å². The first-order chi connectivity index (χ1) is 6.59. The highest BCUT2D eigenvalue weighted by molar-refractivity contribution is 9.11. The van der Waals surface area contributed by atoms with E-state index in [1.807, 2.05) is 0 Å². The second-order valence-electron chi connectivity index (χ2n) is 4.19. The monoisotopic (exact) mass is 259 g/mol. The fourth-order valence-electron chi connectivity index (χ4n) is 1.85. The van der Waals surface area contributed by atoms with E-state index in [2.05, 4.69) is 34.7 Å². The van der Waals surface area contributed by atoms with E-state index in [0.717, 1.165) is 23.2 Å². The molecule has 0 aromatic carbocycles. The maximum atomic E-state index is 11.6. The maximum Gasteiger partial charge on any atom is 0.223 e. The van der Waals surface area contributed by atoms with E-state index in [1.165, 1.54) is 12.8 Å². The normalized spacial score (nSPS) is 27.0. The predicted molar refractivity (Wildman–Crippen MR) is 62.2 cm³/mol. The Morgan fingerprint density at radius 3 is 2.50 bits per heavy atom. The van der Waals surface area contributed by atoms with Crippen molar-refractivity contribution in [3.05, 3.63) is 11.1 Å². The van der Waals surface area contributed by atoms with Gasteiger partial charge in [-0.15, -0.1) is 0 Å². The first kappa shape index (κ1) is 11.8. The van der Waals surface area contributed by atoms with Gasteiger partial charge in [-0.05, 0) is 31.6 Å². The minimum absolute atomic E-state index is 0.192. The summed E-state index contributed by atoms with van der Waals surface area (Å²) in [5.74, 6) is 1.22. The minimum atomic E-state index is 0.192. The van der Waals surface area contributed by atoms with Gasteiger partial charge in [0.2, 0.25) is 5.91 Å². The van der Waals surface area contributed by atoms with Crippen LogP contribution in [0.15, 0.2) is 11.1 Å². The molecule has 1 N–H and O–H groups in total. The molecule has 0 bridgehead atoms. The Hall–Kier alpha value is -0.310. The molecule has 0 saturated heterocycles. The smallest absolute Gasteiger partial charge is 0.223 e. The van der Waals surface area contributed by atoms with Crippen LogP contribution in [0, 0.1) is 11.8 Å². The standard InChI is InChI=1S/C11H18BrNO/c1-8-3-5-10(6-4-8)11(14)13-7-9(2)12/h8,10H,2-7H2,1H3,(H,13,14). The molecule has 1 aliphatic rings. The van der Waals surface area contributed by atoms with Gasteiger partial charge in [0.25, 0.3) is 0 Å². The van der Waals surface area contributed by atoms with Crippen LogP contribution in [0.5, 0.6) is 0 Å². The lowest BCUT2D eigenvalue weighted by molar-refractivity contribution is -0.125. The fourth-order valence-corrected chi connectivity index (χ4v) is 1.99. The lowest BCUT2D eigenvalue weighted by Crippen LogP contribution is -2.33. The number of hydrogen-bond acceptors (Lipinski definition) is 1. The highest BCUT2D eigenvalue weighted by atomic mass is 79.9. The molecule has 1 rings (SSSR count). The number of carbonyl (C=O) groups excluding carboxylic acids is 1. The first-order valence-corrected chi connectivity index (χ1v) is 6.00. The van der Waals surface area contributed by atoms with E-state index >= 15 is 0 Å². The van der Waals surface area contributed by atoms with E-state index in [-0.39, 0.29) is 11.8 Å². The van der Waals surface area contributed by atoms with Crippen LogP contribution in [0.25, 0.3) is 0 Å². The molecule has 0 radical (unpaired) electrons. The van der Waals surface area contributed by atoms with Crippen LogP contribution in [0.1, 0.15) is 32.6 Å². The van der Waals surface area contributed by atoms with Crippen LogP contribution < -0.4 is 5.32 Å². The minimum Gasteiger partial charge on any atom is -0.351 e. The van der Waals surface area contributed by atoms with Gasteiger partial charge in [0.1, 0.15) is 0 Å². The topological polar surface area (TPSA) is 29.1 Å². The summed E-state index contributed by atoms with van der Waals surface area (Å²) in [4.78, 5) is 11.6. The van der Waals surface area contributed by atoms with Crippen LogP contribution >= 0.6 is 15.9 Å². The number of amides is 1. The molecule has 3 heteroatoms. The number of rotatable bonds is 3. The summed E-state index contributed by atoms with van der Waals surface area (Å²) in [5.41, 5.74) is 0. The van der Waals surface area contributed by atoms with Crippen LogP contribution in [0.4, 0.5) is 0 Å². The van der Waals surface area contributed by atoms with E-state index in [9.17, 15) is 4.79 Å². The van der Waals surface area contributed by atoms with E-state index < -0.39 is 0 Å². The second-order valence-corrected chi connectivity index (χ2v) is 5.31. The lowest BCUT2D eigenvalue weighted by atomic mass is 9.82. The largest absolute Gasteiger partial charge is 0.351 e. The summed E-state index contributed by atoms with van der Waals surface area (Å²) in [6, 6.07) is 0. The van der Waals surface area contributed by atoms with Gasteiger partial charge in [-0.2, -0.15) is 0 Å². The summed E-state index contributed by atoms with van der Waals surface area (Å²) < 4.78 is 0.829. The molecule has 0 aromatic heterocycles. The van der Waals surface area contributed by atoms with Crippen LogP contribution in [0.3, 0.4) is 0 Å². The van der Waals surface area contributed by atoms with E-state index in [4.69, 9.17) is 0 Å². The Morgan fingerprint density at radius 2 is 2.00 bits per heavy atom. The van der Waals surface area contributed by atoms with Gasteiger partial charge in [0.15, 0.2) is 0 Å². The molecular formula is C11H18BrNO. The zero-order chi connectivity index (χ0) is 10.6. The molecule has 0 spiro atoms. The summed E-state index contributed by atoms with van der Waals surface area (Å²) in [6.07, 6.45) is 4.46. The zero-order valence-electron chi connectivity index (χ0n) is 8.68.